The fourth-order valence-corrected chi connectivity index (χ4v) is 2.70. The van der Waals surface area contributed by atoms with Crippen LogP contribution in [0.1, 0.15) is 5.56 Å². The van der Waals surface area contributed by atoms with E-state index in [1.165, 1.54) is 20.1 Å². The van der Waals surface area contributed by atoms with E-state index in [1.54, 1.807) is 0 Å². The maximum absolute atomic E-state index is 5.86. The molecule has 2 aromatic carbocycles. The zero-order valence-corrected chi connectivity index (χ0v) is 10.8. The van der Waals surface area contributed by atoms with Crippen LogP contribution in [0.4, 0.5) is 0 Å². The summed E-state index contributed by atoms with van der Waals surface area (Å²) in [4.78, 5) is 0. The van der Waals surface area contributed by atoms with Crippen molar-refractivity contribution < 1.29 is 4.65 Å². The zero-order valence-electron chi connectivity index (χ0n) is 8.69. The summed E-state index contributed by atoms with van der Waals surface area (Å²) in [5.74, 6) is 0. The summed E-state index contributed by atoms with van der Waals surface area (Å²) in [5.41, 5.74) is 3.87. The summed E-state index contributed by atoms with van der Waals surface area (Å²) in [6.07, 6.45) is 0. The first-order valence-electron chi connectivity index (χ1n) is 5.29. The minimum Gasteiger partial charge on any atom is -0.423 e. The predicted octanol–water partition coefficient (Wildman–Crippen LogP) is 1.93. The summed E-state index contributed by atoms with van der Waals surface area (Å²) in [6.45, 7) is 0.845. The quantitative estimate of drug-likeness (QED) is 0.576. The predicted molar refractivity (Wildman–Crippen MR) is 75.4 cm³/mol. The molecule has 1 aliphatic heterocycles. The number of fused-ring (bicyclic) bond motifs is 1. The van der Waals surface area contributed by atoms with E-state index in [0.29, 0.717) is 0 Å². The highest BCUT2D eigenvalue weighted by Crippen LogP contribution is 2.11. The monoisotopic (exact) mass is 320 g/mol. The third-order valence-electron chi connectivity index (χ3n) is 2.89. The molecule has 0 fully saturated rings. The van der Waals surface area contributed by atoms with E-state index in [9.17, 15) is 0 Å². The van der Waals surface area contributed by atoms with Gasteiger partial charge in [-0.2, -0.15) is 0 Å². The molecule has 0 atom stereocenters. The Balaban J connectivity index is 2.05. The molecule has 0 N–H and O–H groups in total. The lowest BCUT2D eigenvalue weighted by Gasteiger charge is -2.07. The summed E-state index contributed by atoms with van der Waals surface area (Å²) < 4.78 is 7.11. The van der Waals surface area contributed by atoms with E-state index in [2.05, 4.69) is 71.1 Å². The summed E-state index contributed by atoms with van der Waals surface area (Å²) in [6, 6.07) is 17.0. The molecule has 0 saturated heterocycles. The van der Waals surface area contributed by atoms with Crippen LogP contribution in [0.25, 0.3) is 0 Å². The standard InChI is InChI=1S/C13H10BIO/c15-12-6-3-5-11(8-12)14-13-7-2-1-4-10(13)9-16-14/h1-8H,9H2. The number of hydrogen-bond donors (Lipinski definition) is 0. The maximum Gasteiger partial charge on any atom is 0.362 e. The van der Waals surface area contributed by atoms with E-state index >= 15 is 0 Å². The van der Waals surface area contributed by atoms with Crippen molar-refractivity contribution >= 4 is 40.4 Å². The highest BCUT2D eigenvalue weighted by atomic mass is 127. The SMILES string of the molecule is Ic1cccc(B2OCc3ccccc32)c1. The van der Waals surface area contributed by atoms with Gasteiger partial charge in [0.05, 0.1) is 6.61 Å². The van der Waals surface area contributed by atoms with Crippen LogP contribution in [0, 0.1) is 3.57 Å². The molecule has 2 aromatic rings. The van der Waals surface area contributed by atoms with Gasteiger partial charge in [0.1, 0.15) is 0 Å². The molecule has 16 heavy (non-hydrogen) atoms. The molecule has 78 valence electrons. The summed E-state index contributed by atoms with van der Waals surface area (Å²) in [5, 5.41) is 0. The van der Waals surface area contributed by atoms with Gasteiger partial charge in [-0.3, -0.25) is 0 Å². The second kappa shape index (κ2) is 4.22. The third kappa shape index (κ3) is 1.78. The number of halogens is 1. The molecule has 0 aromatic heterocycles. The van der Waals surface area contributed by atoms with Crippen LogP contribution in [0.2, 0.25) is 0 Å². The van der Waals surface area contributed by atoms with Gasteiger partial charge in [-0.05, 0) is 45.1 Å². The van der Waals surface area contributed by atoms with Crippen LogP contribution in [0.3, 0.4) is 0 Å². The lowest BCUT2D eigenvalue weighted by atomic mass is 9.56. The first kappa shape index (κ1) is 10.4. The second-order valence-corrected chi connectivity index (χ2v) is 5.19. The molecule has 0 amide bonds. The Morgan fingerprint density at radius 2 is 1.94 bits per heavy atom. The van der Waals surface area contributed by atoms with Crippen molar-refractivity contribution in [2.75, 3.05) is 0 Å². The highest BCUT2D eigenvalue weighted by Gasteiger charge is 2.29. The van der Waals surface area contributed by atoms with Crippen molar-refractivity contribution in [3.63, 3.8) is 0 Å². The first-order chi connectivity index (χ1) is 7.84. The van der Waals surface area contributed by atoms with E-state index in [4.69, 9.17) is 4.65 Å². The Morgan fingerprint density at radius 3 is 2.81 bits per heavy atom. The lowest BCUT2D eigenvalue weighted by Crippen LogP contribution is -2.41. The van der Waals surface area contributed by atoms with E-state index in [0.717, 1.165) is 6.61 Å². The molecular weight excluding hydrogens is 310 g/mol. The Hall–Kier alpha value is -0.805. The number of rotatable bonds is 1. The van der Waals surface area contributed by atoms with Crippen molar-refractivity contribution in [1.29, 1.82) is 0 Å². The third-order valence-corrected chi connectivity index (χ3v) is 3.57. The molecule has 3 heteroatoms. The van der Waals surface area contributed by atoms with Gasteiger partial charge in [0, 0.05) is 3.57 Å². The minimum absolute atomic E-state index is 0.117. The lowest BCUT2D eigenvalue weighted by molar-refractivity contribution is 0.337. The van der Waals surface area contributed by atoms with Crippen molar-refractivity contribution in [1.82, 2.24) is 0 Å². The van der Waals surface area contributed by atoms with E-state index in [1.807, 2.05) is 0 Å². The van der Waals surface area contributed by atoms with Gasteiger partial charge in [0.25, 0.3) is 0 Å². The molecule has 0 unspecified atom stereocenters. The van der Waals surface area contributed by atoms with Crippen molar-refractivity contribution in [3.05, 3.63) is 57.7 Å². The van der Waals surface area contributed by atoms with Crippen LogP contribution in [0.5, 0.6) is 0 Å². The van der Waals surface area contributed by atoms with Gasteiger partial charge in [-0.15, -0.1) is 0 Å². The van der Waals surface area contributed by atoms with Gasteiger partial charge >= 0.3 is 6.92 Å². The molecule has 0 radical (unpaired) electrons. The van der Waals surface area contributed by atoms with Gasteiger partial charge in [-0.1, -0.05) is 42.5 Å². The molecule has 1 heterocycles. The summed E-state index contributed by atoms with van der Waals surface area (Å²) >= 11 is 2.34. The topological polar surface area (TPSA) is 9.23 Å². The van der Waals surface area contributed by atoms with Gasteiger partial charge in [0.15, 0.2) is 0 Å². The summed E-state index contributed by atoms with van der Waals surface area (Å²) in [7, 11) is 0. The van der Waals surface area contributed by atoms with Crippen LogP contribution in [0.15, 0.2) is 48.5 Å². The van der Waals surface area contributed by atoms with Crippen LogP contribution >= 0.6 is 22.6 Å². The largest absolute Gasteiger partial charge is 0.423 e. The maximum atomic E-state index is 5.86. The Morgan fingerprint density at radius 1 is 1.06 bits per heavy atom. The molecule has 1 nitrogen and oxygen atoms in total. The van der Waals surface area contributed by atoms with Crippen molar-refractivity contribution in [3.8, 4) is 0 Å². The second-order valence-electron chi connectivity index (χ2n) is 3.94. The molecule has 1 aliphatic rings. The van der Waals surface area contributed by atoms with Crippen molar-refractivity contribution in [2.45, 2.75) is 6.61 Å². The number of benzene rings is 2. The van der Waals surface area contributed by atoms with E-state index < -0.39 is 0 Å². The van der Waals surface area contributed by atoms with Crippen LogP contribution < -0.4 is 10.9 Å². The normalized spacial score (nSPS) is 13.9. The average Bonchev–Trinajstić information content (AvgIpc) is 2.72. The average molecular weight is 320 g/mol. The Labute approximate surface area is 109 Å². The van der Waals surface area contributed by atoms with Crippen LogP contribution in [-0.2, 0) is 11.3 Å². The Bertz CT molecular complexity index is 527. The molecule has 0 spiro atoms. The van der Waals surface area contributed by atoms with Gasteiger partial charge in [-0.25, -0.2) is 0 Å². The molecule has 0 saturated carbocycles. The highest BCUT2D eigenvalue weighted by molar-refractivity contribution is 14.1. The number of hydrogen-bond acceptors (Lipinski definition) is 1. The fourth-order valence-electron chi connectivity index (χ4n) is 2.13. The molecule has 0 bridgehead atoms. The first-order valence-corrected chi connectivity index (χ1v) is 6.37. The minimum atomic E-state index is 0.117. The zero-order chi connectivity index (χ0) is 11.0. The smallest absolute Gasteiger partial charge is 0.362 e. The molecular formula is C13H10BIO. The van der Waals surface area contributed by atoms with E-state index in [-0.39, 0.29) is 6.92 Å². The van der Waals surface area contributed by atoms with Crippen molar-refractivity contribution in [2.24, 2.45) is 0 Å². The van der Waals surface area contributed by atoms with Crippen LogP contribution in [-0.4, -0.2) is 6.92 Å². The van der Waals surface area contributed by atoms with Gasteiger partial charge < -0.3 is 4.65 Å². The molecule has 3 rings (SSSR count). The fraction of sp³-hybridized carbons (Fsp3) is 0.0769. The molecule has 0 aliphatic carbocycles. The van der Waals surface area contributed by atoms with Gasteiger partial charge in [0.2, 0.25) is 0 Å². The Kier molecular flexibility index (Phi) is 2.73.